The van der Waals surface area contributed by atoms with Crippen molar-refractivity contribution in [1.82, 2.24) is 5.32 Å². The summed E-state index contributed by atoms with van der Waals surface area (Å²) in [5, 5.41) is 3.34. The third-order valence-electron chi connectivity index (χ3n) is 4.37. The van der Waals surface area contributed by atoms with Gasteiger partial charge in [-0.1, -0.05) is 31.5 Å². The average molecular weight is 273 g/mol. The normalized spacial score (nSPS) is 28.4. The van der Waals surface area contributed by atoms with E-state index in [0.717, 1.165) is 37.2 Å². The minimum atomic E-state index is 0.213. The molecule has 1 saturated carbocycles. The topological polar surface area (TPSA) is 59.6 Å². The van der Waals surface area contributed by atoms with Gasteiger partial charge in [-0.2, -0.15) is 0 Å². The summed E-state index contributed by atoms with van der Waals surface area (Å²) in [5.41, 5.74) is 7.20. The van der Waals surface area contributed by atoms with Gasteiger partial charge in [-0.05, 0) is 24.3 Å². The number of benzene rings is 1. The second-order valence-corrected chi connectivity index (χ2v) is 5.76. The molecular formula is C16H23N3O. The van der Waals surface area contributed by atoms with E-state index in [1.54, 1.807) is 0 Å². The van der Waals surface area contributed by atoms with Crippen LogP contribution in [0, 0.1) is 11.8 Å². The zero-order valence-electron chi connectivity index (χ0n) is 12.0. The van der Waals surface area contributed by atoms with Crippen LogP contribution in [0.1, 0.15) is 37.8 Å². The van der Waals surface area contributed by atoms with Crippen molar-refractivity contribution in [2.24, 2.45) is 22.6 Å². The molecule has 0 saturated heterocycles. The summed E-state index contributed by atoms with van der Waals surface area (Å²) in [6.45, 7) is 3.83. The largest absolute Gasteiger partial charge is 0.493 e. The molecule has 20 heavy (non-hydrogen) atoms. The lowest BCUT2D eigenvalue weighted by Crippen LogP contribution is -2.37. The Morgan fingerprint density at radius 1 is 1.40 bits per heavy atom. The van der Waals surface area contributed by atoms with E-state index in [1.807, 2.05) is 18.2 Å². The molecule has 0 amide bonds. The quantitative estimate of drug-likeness (QED) is 0.654. The van der Waals surface area contributed by atoms with Crippen LogP contribution in [0.2, 0.25) is 0 Å². The first kappa shape index (κ1) is 13.3. The van der Waals surface area contributed by atoms with E-state index in [1.165, 1.54) is 18.4 Å². The number of aliphatic imine (C=N–C) groups is 1. The Kier molecular flexibility index (Phi) is 3.81. The minimum Gasteiger partial charge on any atom is -0.493 e. The Labute approximate surface area is 120 Å². The lowest BCUT2D eigenvalue weighted by atomic mass is 10.0. The first-order valence-corrected chi connectivity index (χ1v) is 7.56. The van der Waals surface area contributed by atoms with Gasteiger partial charge in [0, 0.05) is 18.5 Å². The number of fused-ring (bicyclic) bond motifs is 1. The fraction of sp³-hybridized carbons (Fsp3) is 0.562. The van der Waals surface area contributed by atoms with E-state index in [4.69, 9.17) is 10.5 Å². The van der Waals surface area contributed by atoms with Crippen LogP contribution in [0.3, 0.4) is 0 Å². The Morgan fingerprint density at radius 2 is 2.25 bits per heavy atom. The Morgan fingerprint density at radius 3 is 3.05 bits per heavy atom. The van der Waals surface area contributed by atoms with Crippen molar-refractivity contribution in [2.45, 2.75) is 32.2 Å². The van der Waals surface area contributed by atoms with Crippen molar-refractivity contribution in [3.63, 3.8) is 0 Å². The van der Waals surface area contributed by atoms with Gasteiger partial charge in [0.15, 0.2) is 5.96 Å². The Hall–Kier alpha value is -1.71. The number of ether oxygens (including phenoxy) is 1. The fourth-order valence-electron chi connectivity index (χ4n) is 2.97. The molecule has 1 aliphatic heterocycles. The van der Waals surface area contributed by atoms with Gasteiger partial charge in [-0.3, -0.25) is 4.99 Å². The third-order valence-corrected chi connectivity index (χ3v) is 4.37. The predicted molar refractivity (Wildman–Crippen MR) is 80.8 cm³/mol. The molecule has 3 rings (SSSR count). The molecule has 108 valence electrons. The van der Waals surface area contributed by atoms with Crippen LogP contribution < -0.4 is 15.8 Å². The van der Waals surface area contributed by atoms with Crippen LogP contribution in [-0.4, -0.2) is 19.1 Å². The molecule has 1 fully saturated rings. The highest BCUT2D eigenvalue weighted by atomic mass is 16.5. The van der Waals surface area contributed by atoms with Gasteiger partial charge in [-0.25, -0.2) is 0 Å². The van der Waals surface area contributed by atoms with Gasteiger partial charge in [0.1, 0.15) is 5.75 Å². The van der Waals surface area contributed by atoms with E-state index in [0.29, 0.717) is 5.96 Å². The molecule has 1 aliphatic carbocycles. The van der Waals surface area contributed by atoms with Crippen molar-refractivity contribution in [3.05, 3.63) is 29.8 Å². The summed E-state index contributed by atoms with van der Waals surface area (Å²) in [7, 11) is 0. The number of hydrogen-bond donors (Lipinski definition) is 2. The van der Waals surface area contributed by atoms with E-state index < -0.39 is 0 Å². The van der Waals surface area contributed by atoms with Gasteiger partial charge in [-0.15, -0.1) is 0 Å². The lowest BCUT2D eigenvalue weighted by molar-refractivity contribution is 0.262. The molecule has 4 nitrogen and oxygen atoms in total. The van der Waals surface area contributed by atoms with Crippen LogP contribution in [0.15, 0.2) is 29.3 Å². The number of nitrogens with one attached hydrogen (secondary N) is 1. The molecule has 0 aromatic heterocycles. The van der Waals surface area contributed by atoms with Crippen molar-refractivity contribution in [3.8, 4) is 5.75 Å². The van der Waals surface area contributed by atoms with Crippen molar-refractivity contribution >= 4 is 5.96 Å². The zero-order valence-corrected chi connectivity index (χ0v) is 12.0. The van der Waals surface area contributed by atoms with E-state index in [-0.39, 0.29) is 6.04 Å². The first-order chi connectivity index (χ1) is 9.78. The SMILES string of the molecule is CC[C@@H]1C[C@H]1CN=C(N)NC1CCOc2ccccc21. The number of hydrogen-bond acceptors (Lipinski definition) is 2. The molecule has 0 bridgehead atoms. The summed E-state index contributed by atoms with van der Waals surface area (Å²) in [6.07, 6.45) is 3.50. The second-order valence-electron chi connectivity index (χ2n) is 5.76. The summed E-state index contributed by atoms with van der Waals surface area (Å²) in [5.74, 6) is 3.14. The van der Waals surface area contributed by atoms with Gasteiger partial charge >= 0.3 is 0 Å². The molecule has 1 aromatic carbocycles. The number of rotatable bonds is 4. The molecular weight excluding hydrogens is 250 g/mol. The third kappa shape index (κ3) is 2.89. The molecule has 3 atom stereocenters. The first-order valence-electron chi connectivity index (χ1n) is 7.56. The maximum atomic E-state index is 6.02. The monoisotopic (exact) mass is 273 g/mol. The summed E-state index contributed by atoms with van der Waals surface area (Å²) in [6, 6.07) is 8.34. The molecule has 3 N–H and O–H groups in total. The number of nitrogens with zero attached hydrogens (tertiary/aromatic N) is 1. The second kappa shape index (κ2) is 5.73. The molecule has 2 aliphatic rings. The number of para-hydroxylation sites is 1. The highest BCUT2D eigenvalue weighted by Crippen LogP contribution is 2.41. The van der Waals surface area contributed by atoms with Crippen LogP contribution in [-0.2, 0) is 0 Å². The van der Waals surface area contributed by atoms with Gasteiger partial charge in [0.25, 0.3) is 0 Å². The maximum absolute atomic E-state index is 6.02. The van der Waals surface area contributed by atoms with Gasteiger partial charge in [0.05, 0.1) is 12.6 Å². The van der Waals surface area contributed by atoms with E-state index in [9.17, 15) is 0 Å². The summed E-state index contributed by atoms with van der Waals surface area (Å²) in [4.78, 5) is 4.49. The van der Waals surface area contributed by atoms with Crippen LogP contribution in [0.4, 0.5) is 0 Å². The predicted octanol–water partition coefficient (Wildman–Crippen LogP) is 2.46. The summed E-state index contributed by atoms with van der Waals surface area (Å²) >= 11 is 0. The Bertz CT molecular complexity index is 500. The molecule has 1 aromatic rings. The molecule has 1 unspecified atom stereocenters. The van der Waals surface area contributed by atoms with Gasteiger partial charge < -0.3 is 15.8 Å². The summed E-state index contributed by atoms with van der Waals surface area (Å²) < 4.78 is 5.65. The van der Waals surface area contributed by atoms with Crippen molar-refractivity contribution in [2.75, 3.05) is 13.2 Å². The standard InChI is InChI=1S/C16H23N3O/c1-2-11-9-12(11)10-18-16(17)19-14-7-8-20-15-6-4-3-5-13(14)15/h3-6,11-12,14H,2,7-10H2,1H3,(H3,17,18,19)/t11-,12+,14?/m1/s1. The number of nitrogens with two attached hydrogens (primary N) is 1. The number of guanidine groups is 1. The lowest BCUT2D eigenvalue weighted by Gasteiger charge is -2.26. The van der Waals surface area contributed by atoms with Crippen molar-refractivity contribution in [1.29, 1.82) is 0 Å². The fourth-order valence-corrected chi connectivity index (χ4v) is 2.97. The highest BCUT2D eigenvalue weighted by Gasteiger charge is 2.34. The maximum Gasteiger partial charge on any atom is 0.189 e. The highest BCUT2D eigenvalue weighted by molar-refractivity contribution is 5.78. The van der Waals surface area contributed by atoms with Crippen LogP contribution >= 0.6 is 0 Å². The van der Waals surface area contributed by atoms with Crippen LogP contribution in [0.5, 0.6) is 5.75 Å². The van der Waals surface area contributed by atoms with Gasteiger partial charge in [0.2, 0.25) is 0 Å². The molecule has 0 spiro atoms. The average Bonchev–Trinajstić information content (AvgIpc) is 3.24. The van der Waals surface area contributed by atoms with E-state index in [2.05, 4.69) is 23.3 Å². The molecule has 0 radical (unpaired) electrons. The molecule has 4 heteroatoms. The molecule has 1 heterocycles. The van der Waals surface area contributed by atoms with Crippen molar-refractivity contribution < 1.29 is 4.74 Å². The smallest absolute Gasteiger partial charge is 0.189 e. The Balaban J connectivity index is 1.59. The zero-order chi connectivity index (χ0) is 13.9. The van der Waals surface area contributed by atoms with E-state index >= 15 is 0 Å². The minimum absolute atomic E-state index is 0.213. The van der Waals surface area contributed by atoms with Crippen LogP contribution in [0.25, 0.3) is 0 Å².